The van der Waals surface area contributed by atoms with E-state index in [4.69, 9.17) is 4.42 Å². The van der Waals surface area contributed by atoms with Gasteiger partial charge in [0.15, 0.2) is 5.16 Å². The lowest BCUT2D eigenvalue weighted by molar-refractivity contribution is -0.134. The van der Waals surface area contributed by atoms with Crippen LogP contribution in [0.1, 0.15) is 58.0 Å². The number of aryl methyl sites for hydroxylation is 1. The lowest BCUT2D eigenvalue weighted by Crippen LogP contribution is -2.48. The molecule has 0 aliphatic carbocycles. The van der Waals surface area contributed by atoms with E-state index in [-0.39, 0.29) is 5.91 Å². The van der Waals surface area contributed by atoms with Gasteiger partial charge in [0.2, 0.25) is 5.91 Å². The fourth-order valence-electron chi connectivity index (χ4n) is 3.67. The van der Waals surface area contributed by atoms with Gasteiger partial charge in [0.1, 0.15) is 11.6 Å². The van der Waals surface area contributed by atoms with Crippen LogP contribution in [0.4, 0.5) is 0 Å². The van der Waals surface area contributed by atoms with Gasteiger partial charge < -0.3 is 9.32 Å². The second kappa shape index (κ2) is 8.75. The van der Waals surface area contributed by atoms with Gasteiger partial charge in [0.05, 0.1) is 18.6 Å². The Morgan fingerprint density at radius 1 is 1.31 bits per heavy atom. The van der Waals surface area contributed by atoms with Crippen LogP contribution in [0.15, 0.2) is 28.0 Å². The highest BCUT2D eigenvalue weighted by Gasteiger charge is 2.29. The number of hydrogen-bond donors (Lipinski definition) is 0. The first-order chi connectivity index (χ1) is 12.6. The first-order valence-corrected chi connectivity index (χ1v) is 10.5. The van der Waals surface area contributed by atoms with Crippen molar-refractivity contribution in [1.29, 1.82) is 0 Å². The summed E-state index contributed by atoms with van der Waals surface area (Å²) in [6, 6.07) is 4.48. The van der Waals surface area contributed by atoms with E-state index in [9.17, 15) is 4.79 Å². The molecule has 0 radical (unpaired) electrons. The molecule has 1 aliphatic heterocycles. The molecule has 7 heteroatoms. The van der Waals surface area contributed by atoms with Crippen molar-refractivity contribution >= 4 is 17.7 Å². The van der Waals surface area contributed by atoms with Crippen molar-refractivity contribution in [2.24, 2.45) is 0 Å². The highest BCUT2D eigenvalue weighted by atomic mass is 32.2. The summed E-state index contributed by atoms with van der Waals surface area (Å²) in [7, 11) is 0. The van der Waals surface area contributed by atoms with Gasteiger partial charge in [-0.1, -0.05) is 18.7 Å². The van der Waals surface area contributed by atoms with E-state index in [0.717, 1.165) is 42.4 Å². The second-order valence-corrected chi connectivity index (χ2v) is 7.98. The zero-order valence-corrected chi connectivity index (χ0v) is 16.7. The monoisotopic (exact) mass is 376 g/mol. The number of carbonyl (C=O) groups is 1. The van der Waals surface area contributed by atoms with Crippen molar-refractivity contribution in [3.63, 3.8) is 0 Å². The molecule has 0 spiro atoms. The van der Waals surface area contributed by atoms with Gasteiger partial charge in [0.25, 0.3) is 0 Å². The topological polar surface area (TPSA) is 64.2 Å². The first-order valence-electron chi connectivity index (χ1n) is 9.48. The van der Waals surface area contributed by atoms with Crippen LogP contribution in [0.25, 0.3) is 0 Å². The van der Waals surface area contributed by atoms with Crippen molar-refractivity contribution in [2.45, 2.75) is 76.7 Å². The van der Waals surface area contributed by atoms with Crippen LogP contribution in [0.3, 0.4) is 0 Å². The third-order valence-corrected chi connectivity index (χ3v) is 5.92. The van der Waals surface area contributed by atoms with Gasteiger partial charge in [-0.3, -0.25) is 9.36 Å². The molecule has 2 aromatic rings. The molecule has 0 N–H and O–H groups in total. The van der Waals surface area contributed by atoms with Crippen molar-refractivity contribution in [1.82, 2.24) is 19.7 Å². The number of piperidine rings is 1. The summed E-state index contributed by atoms with van der Waals surface area (Å²) in [5.41, 5.74) is 0. The Hall–Kier alpha value is -1.76. The standard InChI is InChI=1S/C19H28N4O2S/c1-4-7-17-20-21-19(22(17)12-16-10-6-11-25-16)26-13-18(24)23-14(2)8-5-9-15(23)3/h6,10-11,14-15H,4-5,7-9,12-13H2,1-3H3/t14-,15-/m0/s1. The molecule has 2 atom stereocenters. The minimum Gasteiger partial charge on any atom is -0.467 e. The maximum atomic E-state index is 12.8. The molecule has 1 fully saturated rings. The molecule has 3 heterocycles. The summed E-state index contributed by atoms with van der Waals surface area (Å²) in [6.07, 6.45) is 6.93. The van der Waals surface area contributed by atoms with Crippen molar-refractivity contribution in [3.05, 3.63) is 30.0 Å². The van der Waals surface area contributed by atoms with E-state index in [1.54, 1.807) is 6.26 Å². The average molecular weight is 377 g/mol. The van der Waals surface area contributed by atoms with Gasteiger partial charge in [-0.15, -0.1) is 10.2 Å². The number of nitrogens with zero attached hydrogens (tertiary/aromatic N) is 4. The average Bonchev–Trinajstić information content (AvgIpc) is 3.25. The van der Waals surface area contributed by atoms with E-state index in [0.29, 0.717) is 24.4 Å². The Bertz CT molecular complexity index is 703. The minimum atomic E-state index is 0.194. The Morgan fingerprint density at radius 3 is 2.73 bits per heavy atom. The number of aromatic nitrogens is 3. The van der Waals surface area contributed by atoms with Gasteiger partial charge in [-0.2, -0.15) is 0 Å². The van der Waals surface area contributed by atoms with Crippen LogP contribution in [0, 0.1) is 0 Å². The predicted molar refractivity (Wildman–Crippen MR) is 102 cm³/mol. The molecule has 0 bridgehead atoms. The number of rotatable bonds is 7. The quantitative estimate of drug-likeness (QED) is 0.689. The molecule has 1 aliphatic rings. The molecule has 0 unspecified atom stereocenters. The van der Waals surface area contributed by atoms with E-state index in [2.05, 4.69) is 40.4 Å². The van der Waals surface area contributed by atoms with E-state index < -0.39 is 0 Å². The highest BCUT2D eigenvalue weighted by molar-refractivity contribution is 7.99. The highest BCUT2D eigenvalue weighted by Crippen LogP contribution is 2.25. The van der Waals surface area contributed by atoms with Crippen molar-refractivity contribution in [2.75, 3.05) is 5.75 Å². The first kappa shape index (κ1) is 19.0. The molecule has 6 nitrogen and oxygen atoms in total. The van der Waals surface area contributed by atoms with Gasteiger partial charge in [-0.05, 0) is 51.7 Å². The fraction of sp³-hybridized carbons (Fsp3) is 0.632. The molecule has 142 valence electrons. The second-order valence-electron chi connectivity index (χ2n) is 7.03. The minimum absolute atomic E-state index is 0.194. The number of likely N-dealkylation sites (tertiary alicyclic amines) is 1. The zero-order valence-electron chi connectivity index (χ0n) is 15.9. The summed E-state index contributed by atoms with van der Waals surface area (Å²) in [4.78, 5) is 14.8. The number of furan rings is 1. The lowest BCUT2D eigenvalue weighted by atomic mass is 9.98. The van der Waals surface area contributed by atoms with Crippen molar-refractivity contribution < 1.29 is 9.21 Å². The Labute approximate surface area is 159 Å². The summed E-state index contributed by atoms with van der Waals surface area (Å²) < 4.78 is 7.56. The normalized spacial score (nSPS) is 20.5. The summed E-state index contributed by atoms with van der Waals surface area (Å²) >= 11 is 1.48. The molecular formula is C19H28N4O2S. The maximum absolute atomic E-state index is 12.8. The molecule has 0 saturated carbocycles. The van der Waals surface area contributed by atoms with E-state index >= 15 is 0 Å². The largest absolute Gasteiger partial charge is 0.467 e. The van der Waals surface area contributed by atoms with Gasteiger partial charge in [0, 0.05) is 18.5 Å². The molecule has 26 heavy (non-hydrogen) atoms. The molecule has 3 rings (SSSR count). The third kappa shape index (κ3) is 4.31. The Balaban J connectivity index is 1.70. The van der Waals surface area contributed by atoms with E-state index in [1.807, 2.05) is 12.1 Å². The SMILES string of the molecule is CCCc1nnc(SCC(=O)N2[C@@H](C)CCC[C@@H]2C)n1Cc1ccco1. The van der Waals surface area contributed by atoms with Crippen LogP contribution < -0.4 is 0 Å². The summed E-state index contributed by atoms with van der Waals surface area (Å²) in [5, 5.41) is 9.45. The van der Waals surface area contributed by atoms with Gasteiger partial charge >= 0.3 is 0 Å². The predicted octanol–water partition coefficient (Wildman–Crippen LogP) is 3.75. The molecule has 2 aromatic heterocycles. The van der Waals surface area contributed by atoms with E-state index in [1.165, 1.54) is 18.2 Å². The van der Waals surface area contributed by atoms with Gasteiger partial charge in [-0.25, -0.2) is 0 Å². The summed E-state index contributed by atoms with van der Waals surface area (Å²) in [5.74, 6) is 2.41. The van der Waals surface area contributed by atoms with Crippen LogP contribution in [-0.4, -0.2) is 43.4 Å². The Morgan fingerprint density at radius 2 is 2.08 bits per heavy atom. The van der Waals surface area contributed by atoms with Crippen LogP contribution in [-0.2, 0) is 17.8 Å². The zero-order chi connectivity index (χ0) is 18.5. The van der Waals surface area contributed by atoms with Crippen molar-refractivity contribution in [3.8, 4) is 0 Å². The maximum Gasteiger partial charge on any atom is 0.233 e. The smallest absolute Gasteiger partial charge is 0.233 e. The van der Waals surface area contributed by atoms with Crippen LogP contribution in [0.5, 0.6) is 0 Å². The molecule has 0 aromatic carbocycles. The molecule has 1 saturated heterocycles. The molecule has 1 amide bonds. The number of amides is 1. The fourth-order valence-corrected chi connectivity index (χ4v) is 4.49. The lowest BCUT2D eigenvalue weighted by Gasteiger charge is -2.39. The van der Waals surface area contributed by atoms with Crippen LogP contribution in [0.2, 0.25) is 0 Å². The summed E-state index contributed by atoms with van der Waals surface area (Å²) in [6.45, 7) is 7.03. The number of carbonyl (C=O) groups excluding carboxylic acids is 1. The third-order valence-electron chi connectivity index (χ3n) is 4.97. The number of hydrogen-bond acceptors (Lipinski definition) is 5. The Kier molecular flexibility index (Phi) is 6.40. The molecular weight excluding hydrogens is 348 g/mol. The van der Waals surface area contributed by atoms with Crippen LogP contribution >= 0.6 is 11.8 Å². The number of thioether (sulfide) groups is 1.